The first kappa shape index (κ1) is 39.8. The van der Waals surface area contributed by atoms with Gasteiger partial charge in [0, 0.05) is 43.8 Å². The topological polar surface area (TPSA) is 48.5 Å². The summed E-state index contributed by atoms with van der Waals surface area (Å²) in [6.07, 6.45) is 0. The second kappa shape index (κ2) is 14.9. The lowest BCUT2D eigenvalue weighted by Crippen LogP contribution is -2.15. The van der Waals surface area contributed by atoms with Crippen LogP contribution in [0, 0.1) is 0 Å². The fourth-order valence-corrected chi connectivity index (χ4v) is 11.9. The molecule has 1 aliphatic carbocycles. The summed E-state index contributed by atoms with van der Waals surface area (Å²) in [4.78, 5) is 15.8. The summed E-state index contributed by atoms with van der Waals surface area (Å²) in [5, 5.41) is 12.4. The van der Waals surface area contributed by atoms with Crippen molar-refractivity contribution in [2.75, 3.05) is 0 Å². The van der Waals surface area contributed by atoms with Crippen molar-refractivity contribution in [3.05, 3.63) is 236 Å². The van der Waals surface area contributed by atoms with Gasteiger partial charge in [-0.05, 0) is 132 Å². The van der Waals surface area contributed by atoms with E-state index in [0.29, 0.717) is 17.6 Å². The SMILES string of the molecule is CC1(C)c2cc3c4ccccc4c4ccccc4c3cc2-c2cc3c(cc21)c1cc(-c2ccc4c(c2)c2ccccc2n4-c2ccccc2)ccc1n3-c1nc(-c2ccccc2)nc(-c2ccccc2)n1. The molecule has 0 radical (unpaired) electrons. The second-order valence-corrected chi connectivity index (χ2v) is 19.6. The Morgan fingerprint density at radius 1 is 0.296 bits per heavy atom. The molecule has 11 aromatic carbocycles. The van der Waals surface area contributed by atoms with Gasteiger partial charge < -0.3 is 4.57 Å². The predicted octanol–water partition coefficient (Wildman–Crippen LogP) is 16.8. The minimum atomic E-state index is -0.280. The summed E-state index contributed by atoms with van der Waals surface area (Å²) in [5.74, 6) is 1.83. The molecule has 14 aromatic rings. The summed E-state index contributed by atoms with van der Waals surface area (Å²) in [7, 11) is 0. The van der Waals surface area contributed by atoms with E-state index in [1.54, 1.807) is 0 Å². The van der Waals surface area contributed by atoms with Crippen molar-refractivity contribution >= 4 is 75.9 Å². The highest BCUT2D eigenvalue weighted by Crippen LogP contribution is 2.53. The lowest BCUT2D eigenvalue weighted by atomic mass is 9.81. The minimum Gasteiger partial charge on any atom is -0.309 e. The van der Waals surface area contributed by atoms with Crippen molar-refractivity contribution < 1.29 is 0 Å². The third kappa shape index (κ3) is 5.84. The molecule has 3 aromatic heterocycles. The van der Waals surface area contributed by atoms with E-state index in [2.05, 4.69) is 211 Å². The average molecular weight is 906 g/mol. The molecule has 0 unspecified atom stereocenters. The summed E-state index contributed by atoms with van der Waals surface area (Å²) >= 11 is 0. The molecule has 5 heteroatoms. The molecule has 0 aliphatic heterocycles. The molecule has 0 saturated heterocycles. The van der Waals surface area contributed by atoms with E-state index >= 15 is 0 Å². The van der Waals surface area contributed by atoms with Crippen molar-refractivity contribution in [3.8, 4) is 56.7 Å². The highest BCUT2D eigenvalue weighted by atomic mass is 15.2. The smallest absolute Gasteiger partial charge is 0.238 e. The van der Waals surface area contributed by atoms with Gasteiger partial charge in [0.05, 0.1) is 22.1 Å². The highest BCUT2D eigenvalue weighted by Gasteiger charge is 2.37. The van der Waals surface area contributed by atoms with Gasteiger partial charge >= 0.3 is 0 Å². The van der Waals surface area contributed by atoms with E-state index < -0.39 is 0 Å². The van der Waals surface area contributed by atoms with Crippen LogP contribution in [0.5, 0.6) is 0 Å². The average Bonchev–Trinajstić information content (AvgIpc) is 4.02. The molecule has 0 bridgehead atoms. The molecule has 0 spiro atoms. The molecule has 0 saturated carbocycles. The lowest BCUT2D eigenvalue weighted by molar-refractivity contribution is 0.662. The number of para-hydroxylation sites is 2. The molecular weight excluding hydrogens is 863 g/mol. The van der Waals surface area contributed by atoms with Crippen LogP contribution in [-0.2, 0) is 5.41 Å². The molecular formula is C66H43N5. The number of rotatable bonds is 5. The van der Waals surface area contributed by atoms with E-state index in [0.717, 1.165) is 49.7 Å². The number of hydrogen-bond donors (Lipinski definition) is 0. The van der Waals surface area contributed by atoms with Gasteiger partial charge in [-0.2, -0.15) is 9.97 Å². The Hall–Kier alpha value is -9.19. The Morgan fingerprint density at radius 3 is 1.31 bits per heavy atom. The number of fused-ring (bicyclic) bond motifs is 15. The number of hydrogen-bond acceptors (Lipinski definition) is 3. The van der Waals surface area contributed by atoms with E-state index in [9.17, 15) is 0 Å². The Bertz CT molecular complexity index is 4470. The third-order valence-electron chi connectivity index (χ3n) is 15.3. The first-order valence-corrected chi connectivity index (χ1v) is 24.4. The zero-order valence-electron chi connectivity index (χ0n) is 39.1. The van der Waals surface area contributed by atoms with Gasteiger partial charge in [-0.15, -0.1) is 0 Å². The van der Waals surface area contributed by atoms with Crippen molar-refractivity contribution in [1.82, 2.24) is 24.1 Å². The third-order valence-corrected chi connectivity index (χ3v) is 15.3. The standard InChI is InChI=1S/C66H43N5/c1-66(2)57-37-51-48-27-15-13-25-46(48)45-24-12-14-26-47(45)50(51)36-52(57)53-39-62-56(38-58(53)66)55-35-43(42-30-32-60-54(34-42)49-28-16-17-29-59(49)70(60)44-22-10-5-11-23-44)31-33-61(55)71(62)65-68-63(40-18-6-3-7-19-40)67-64(69-65)41-20-8-4-9-21-41/h3-39H,1-2H3. The van der Waals surface area contributed by atoms with Gasteiger partial charge in [0.25, 0.3) is 0 Å². The van der Waals surface area contributed by atoms with Crippen LogP contribution in [0.15, 0.2) is 224 Å². The Balaban J connectivity index is 1.01. The molecule has 71 heavy (non-hydrogen) atoms. The van der Waals surface area contributed by atoms with Crippen LogP contribution in [0.25, 0.3) is 133 Å². The summed E-state index contributed by atoms with van der Waals surface area (Å²) in [6, 6.07) is 81.4. The monoisotopic (exact) mass is 905 g/mol. The largest absolute Gasteiger partial charge is 0.309 e. The summed E-state index contributed by atoms with van der Waals surface area (Å²) in [5.41, 5.74) is 14.7. The Morgan fingerprint density at radius 2 is 0.718 bits per heavy atom. The van der Waals surface area contributed by atoms with Crippen LogP contribution in [0.3, 0.4) is 0 Å². The lowest BCUT2D eigenvalue weighted by Gasteiger charge is -2.22. The predicted molar refractivity (Wildman–Crippen MR) is 295 cm³/mol. The van der Waals surface area contributed by atoms with Gasteiger partial charge in [-0.3, -0.25) is 4.57 Å². The molecule has 15 rings (SSSR count). The number of aromatic nitrogens is 5. The van der Waals surface area contributed by atoms with Crippen LogP contribution < -0.4 is 0 Å². The molecule has 0 fully saturated rings. The van der Waals surface area contributed by atoms with E-state index in [-0.39, 0.29) is 5.41 Å². The summed E-state index contributed by atoms with van der Waals surface area (Å²) < 4.78 is 4.66. The van der Waals surface area contributed by atoms with Gasteiger partial charge in [0.2, 0.25) is 5.95 Å². The van der Waals surface area contributed by atoms with E-state index in [4.69, 9.17) is 15.0 Å². The van der Waals surface area contributed by atoms with Crippen LogP contribution in [0.2, 0.25) is 0 Å². The zero-order chi connectivity index (χ0) is 47.0. The Kier molecular flexibility index (Phi) is 8.35. The maximum Gasteiger partial charge on any atom is 0.238 e. The molecule has 5 nitrogen and oxygen atoms in total. The summed E-state index contributed by atoms with van der Waals surface area (Å²) in [6.45, 7) is 4.79. The van der Waals surface area contributed by atoms with E-state index in [1.807, 2.05) is 36.4 Å². The van der Waals surface area contributed by atoms with Crippen LogP contribution in [0.4, 0.5) is 0 Å². The molecule has 0 atom stereocenters. The maximum atomic E-state index is 5.35. The first-order chi connectivity index (χ1) is 35.0. The van der Waals surface area contributed by atoms with Crippen LogP contribution >= 0.6 is 0 Å². The van der Waals surface area contributed by atoms with Gasteiger partial charge in [-0.25, -0.2) is 4.98 Å². The highest BCUT2D eigenvalue weighted by molar-refractivity contribution is 6.26. The molecule has 0 N–H and O–H groups in total. The Labute approximate surface area is 409 Å². The quantitative estimate of drug-likeness (QED) is 0.162. The maximum absolute atomic E-state index is 5.35. The van der Waals surface area contributed by atoms with Crippen LogP contribution in [0.1, 0.15) is 25.0 Å². The van der Waals surface area contributed by atoms with Crippen molar-refractivity contribution in [1.29, 1.82) is 0 Å². The van der Waals surface area contributed by atoms with Gasteiger partial charge in [-0.1, -0.05) is 172 Å². The van der Waals surface area contributed by atoms with Crippen molar-refractivity contribution in [2.24, 2.45) is 0 Å². The minimum absolute atomic E-state index is 0.280. The normalized spacial score (nSPS) is 13.0. The van der Waals surface area contributed by atoms with Crippen LogP contribution in [-0.4, -0.2) is 24.1 Å². The fourth-order valence-electron chi connectivity index (χ4n) is 11.9. The van der Waals surface area contributed by atoms with E-state index in [1.165, 1.54) is 76.4 Å². The van der Waals surface area contributed by atoms with Crippen molar-refractivity contribution in [2.45, 2.75) is 19.3 Å². The first-order valence-electron chi connectivity index (χ1n) is 24.4. The molecule has 332 valence electrons. The van der Waals surface area contributed by atoms with Gasteiger partial charge in [0.1, 0.15) is 0 Å². The molecule has 0 amide bonds. The van der Waals surface area contributed by atoms with Gasteiger partial charge in [0.15, 0.2) is 11.6 Å². The fraction of sp³-hybridized carbons (Fsp3) is 0.0455. The zero-order valence-corrected chi connectivity index (χ0v) is 39.1. The number of benzene rings is 11. The molecule has 3 heterocycles. The second-order valence-electron chi connectivity index (χ2n) is 19.6. The van der Waals surface area contributed by atoms with Crippen molar-refractivity contribution in [3.63, 3.8) is 0 Å². The number of nitrogens with zero attached hydrogens (tertiary/aromatic N) is 5. The molecule has 1 aliphatic rings.